The number of thiazole rings is 1. The van der Waals surface area contributed by atoms with Crippen LogP contribution < -0.4 is 5.32 Å². The number of aryl methyl sites for hydroxylation is 1. The lowest BCUT2D eigenvalue weighted by Gasteiger charge is -2.25. The van der Waals surface area contributed by atoms with Gasteiger partial charge in [-0.2, -0.15) is 0 Å². The third-order valence-corrected chi connectivity index (χ3v) is 5.38. The van der Waals surface area contributed by atoms with Gasteiger partial charge in [-0.05, 0) is 32.6 Å². The smallest absolute Gasteiger partial charge is 0.223 e. The average Bonchev–Trinajstić information content (AvgIpc) is 2.87. The number of nitrogens with one attached hydrogen (secondary N) is 1. The van der Waals surface area contributed by atoms with Gasteiger partial charge in [0, 0.05) is 22.6 Å². The van der Waals surface area contributed by atoms with E-state index in [1.54, 1.807) is 16.8 Å². The molecule has 1 amide bonds. The molecule has 2 fully saturated rings. The van der Waals surface area contributed by atoms with E-state index in [0.29, 0.717) is 12.3 Å². The highest BCUT2D eigenvalue weighted by atomic mass is 32.1. The summed E-state index contributed by atoms with van der Waals surface area (Å²) >= 11 is 1.57. The first-order chi connectivity index (χ1) is 9.15. The Balaban J connectivity index is 1.57. The Morgan fingerprint density at radius 3 is 2.68 bits per heavy atom. The van der Waals surface area contributed by atoms with Crippen molar-refractivity contribution >= 4 is 23.0 Å². The van der Waals surface area contributed by atoms with Crippen molar-refractivity contribution in [2.45, 2.75) is 39.2 Å². The molecule has 0 spiro atoms. The normalized spacial score (nSPS) is 29.5. The molecule has 2 atom stereocenters. The van der Waals surface area contributed by atoms with Crippen LogP contribution in [-0.2, 0) is 16.1 Å². The number of hydrogen-bond acceptors (Lipinski definition) is 4. The van der Waals surface area contributed by atoms with Crippen molar-refractivity contribution in [1.82, 2.24) is 10.3 Å². The minimum absolute atomic E-state index is 0.0310. The zero-order valence-electron chi connectivity index (χ0n) is 11.0. The van der Waals surface area contributed by atoms with E-state index < -0.39 is 0 Å². The first-order valence-corrected chi connectivity index (χ1v) is 7.73. The van der Waals surface area contributed by atoms with E-state index >= 15 is 0 Å². The van der Waals surface area contributed by atoms with E-state index in [4.69, 9.17) is 0 Å². The molecule has 1 aromatic heterocycles. The van der Waals surface area contributed by atoms with Crippen molar-refractivity contribution in [1.29, 1.82) is 0 Å². The summed E-state index contributed by atoms with van der Waals surface area (Å²) in [5.74, 6) is 0.849. The molecule has 1 heterocycles. The van der Waals surface area contributed by atoms with E-state index in [0.717, 1.165) is 36.3 Å². The standard InChI is InChI=1S/C14H18N2O2S/c1-8-12(19-7-16-8)6-15-14(18)11-4-9-2-3-10(5-11)13(9)17/h7,9-11H,2-6H2,1H3,(H,15,18). The number of ketones is 1. The maximum absolute atomic E-state index is 12.2. The Morgan fingerprint density at radius 2 is 2.11 bits per heavy atom. The molecule has 1 N–H and O–H groups in total. The number of rotatable bonds is 3. The minimum atomic E-state index is 0.0310. The van der Waals surface area contributed by atoms with Crippen molar-refractivity contribution < 1.29 is 9.59 Å². The van der Waals surface area contributed by atoms with Gasteiger partial charge < -0.3 is 5.32 Å². The summed E-state index contributed by atoms with van der Waals surface area (Å²) in [6.07, 6.45) is 3.48. The van der Waals surface area contributed by atoms with E-state index in [-0.39, 0.29) is 23.7 Å². The molecular weight excluding hydrogens is 260 g/mol. The fourth-order valence-corrected chi connectivity index (χ4v) is 4.01. The monoisotopic (exact) mass is 278 g/mol. The van der Waals surface area contributed by atoms with Crippen LogP contribution in [0.15, 0.2) is 5.51 Å². The van der Waals surface area contributed by atoms with E-state index in [1.807, 2.05) is 6.92 Å². The fourth-order valence-electron chi connectivity index (χ4n) is 3.29. The van der Waals surface area contributed by atoms with Gasteiger partial charge in [0.25, 0.3) is 0 Å². The number of hydrogen-bond donors (Lipinski definition) is 1. The molecular formula is C14H18N2O2S. The van der Waals surface area contributed by atoms with Crippen LogP contribution in [0.4, 0.5) is 0 Å². The van der Waals surface area contributed by atoms with Crippen LogP contribution in [0.25, 0.3) is 0 Å². The molecule has 5 heteroatoms. The molecule has 2 bridgehead atoms. The van der Waals surface area contributed by atoms with Crippen molar-refractivity contribution in [3.63, 3.8) is 0 Å². The van der Waals surface area contributed by atoms with Gasteiger partial charge in [0.2, 0.25) is 5.91 Å². The summed E-state index contributed by atoms with van der Waals surface area (Å²) in [5.41, 5.74) is 2.79. The summed E-state index contributed by atoms with van der Waals surface area (Å²) in [6, 6.07) is 0. The number of carbonyl (C=O) groups is 2. The Bertz CT molecular complexity index is 495. The maximum atomic E-state index is 12.2. The second-order valence-corrected chi connectivity index (χ2v) is 6.56. The maximum Gasteiger partial charge on any atom is 0.223 e. The van der Waals surface area contributed by atoms with Crippen LogP contribution in [0, 0.1) is 24.7 Å². The van der Waals surface area contributed by atoms with Crippen LogP contribution >= 0.6 is 11.3 Å². The Hall–Kier alpha value is -1.23. The first kappa shape index (κ1) is 12.8. The van der Waals surface area contributed by atoms with Gasteiger partial charge in [-0.3, -0.25) is 9.59 Å². The SMILES string of the molecule is Cc1ncsc1CNC(=O)C1CC2CCC(C1)C2=O. The van der Waals surface area contributed by atoms with E-state index in [2.05, 4.69) is 10.3 Å². The zero-order valence-corrected chi connectivity index (χ0v) is 11.8. The van der Waals surface area contributed by atoms with Crippen LogP contribution in [0.5, 0.6) is 0 Å². The highest BCUT2D eigenvalue weighted by Gasteiger charge is 2.43. The second-order valence-electron chi connectivity index (χ2n) is 5.62. The number of Topliss-reactive ketones (excluding diaryl/α,β-unsaturated/α-hetero) is 1. The highest BCUT2D eigenvalue weighted by Crippen LogP contribution is 2.42. The lowest BCUT2D eigenvalue weighted by Crippen LogP contribution is -2.37. The minimum Gasteiger partial charge on any atom is -0.351 e. The van der Waals surface area contributed by atoms with Crippen LogP contribution in [0.1, 0.15) is 36.3 Å². The van der Waals surface area contributed by atoms with Gasteiger partial charge in [0.05, 0.1) is 17.7 Å². The largest absolute Gasteiger partial charge is 0.351 e. The van der Waals surface area contributed by atoms with Crippen molar-refractivity contribution in [3.8, 4) is 0 Å². The number of fused-ring (bicyclic) bond motifs is 2. The molecule has 0 saturated heterocycles. The zero-order chi connectivity index (χ0) is 13.4. The second kappa shape index (κ2) is 5.04. The summed E-state index contributed by atoms with van der Waals surface area (Å²) in [5, 5.41) is 3.00. The lowest BCUT2D eigenvalue weighted by molar-refractivity contribution is -0.132. The lowest BCUT2D eigenvalue weighted by atomic mass is 9.79. The van der Waals surface area contributed by atoms with Gasteiger partial charge in [-0.15, -0.1) is 11.3 Å². The average molecular weight is 278 g/mol. The molecule has 0 aliphatic heterocycles. The van der Waals surface area contributed by atoms with Crippen LogP contribution in [0.3, 0.4) is 0 Å². The predicted molar refractivity (Wildman–Crippen MR) is 72.6 cm³/mol. The van der Waals surface area contributed by atoms with Crippen molar-refractivity contribution in [3.05, 3.63) is 16.1 Å². The molecule has 2 aliphatic rings. The molecule has 0 radical (unpaired) electrons. The van der Waals surface area contributed by atoms with Crippen molar-refractivity contribution in [2.24, 2.45) is 17.8 Å². The van der Waals surface area contributed by atoms with Crippen LogP contribution in [0.2, 0.25) is 0 Å². The van der Waals surface area contributed by atoms with Gasteiger partial charge in [0.15, 0.2) is 0 Å². The molecule has 102 valence electrons. The molecule has 2 saturated carbocycles. The number of nitrogens with zero attached hydrogens (tertiary/aromatic N) is 1. The summed E-state index contributed by atoms with van der Waals surface area (Å²) in [6.45, 7) is 2.52. The van der Waals surface area contributed by atoms with Gasteiger partial charge in [-0.1, -0.05) is 0 Å². The fraction of sp³-hybridized carbons (Fsp3) is 0.643. The van der Waals surface area contributed by atoms with Crippen molar-refractivity contribution in [2.75, 3.05) is 0 Å². The third-order valence-electron chi connectivity index (χ3n) is 4.45. The highest BCUT2D eigenvalue weighted by molar-refractivity contribution is 7.09. The molecule has 19 heavy (non-hydrogen) atoms. The molecule has 2 aliphatic carbocycles. The topological polar surface area (TPSA) is 59.1 Å². The Labute approximate surface area is 116 Å². The first-order valence-electron chi connectivity index (χ1n) is 6.85. The summed E-state index contributed by atoms with van der Waals surface area (Å²) in [7, 11) is 0. The Kier molecular flexibility index (Phi) is 3.39. The van der Waals surface area contributed by atoms with Crippen LogP contribution in [-0.4, -0.2) is 16.7 Å². The molecule has 2 unspecified atom stereocenters. The Morgan fingerprint density at radius 1 is 1.42 bits per heavy atom. The summed E-state index contributed by atoms with van der Waals surface area (Å²) in [4.78, 5) is 29.3. The molecule has 0 aromatic carbocycles. The molecule has 4 nitrogen and oxygen atoms in total. The molecule has 3 rings (SSSR count). The van der Waals surface area contributed by atoms with E-state index in [1.165, 1.54) is 0 Å². The van der Waals surface area contributed by atoms with E-state index in [9.17, 15) is 9.59 Å². The summed E-state index contributed by atoms with van der Waals surface area (Å²) < 4.78 is 0. The third kappa shape index (κ3) is 2.43. The number of amides is 1. The number of aromatic nitrogens is 1. The van der Waals surface area contributed by atoms with Gasteiger partial charge in [-0.25, -0.2) is 4.98 Å². The van der Waals surface area contributed by atoms with Gasteiger partial charge in [0.1, 0.15) is 5.78 Å². The molecule has 1 aromatic rings. The predicted octanol–water partition coefficient (Wildman–Crippen LogP) is 2.07. The number of carbonyl (C=O) groups excluding carboxylic acids is 2. The quantitative estimate of drug-likeness (QED) is 0.921. The van der Waals surface area contributed by atoms with Gasteiger partial charge >= 0.3 is 0 Å².